The molecule has 0 unspecified atom stereocenters. The van der Waals surface area contributed by atoms with Crippen LogP contribution in [0.5, 0.6) is 0 Å². The van der Waals surface area contributed by atoms with Gasteiger partial charge in [0.05, 0.1) is 6.54 Å². The highest BCUT2D eigenvalue weighted by atomic mass is 19.4. The molecule has 112 valence electrons. The summed E-state index contributed by atoms with van der Waals surface area (Å²) in [5, 5.41) is 0. The lowest BCUT2D eigenvalue weighted by molar-refractivity contribution is -0.141. The van der Waals surface area contributed by atoms with E-state index >= 15 is 0 Å². The van der Waals surface area contributed by atoms with E-state index in [9.17, 15) is 13.2 Å². The number of rotatable bonds is 1. The number of hydrogen-bond donors (Lipinski definition) is 1. The van der Waals surface area contributed by atoms with Crippen LogP contribution in [0.3, 0.4) is 0 Å². The highest BCUT2D eigenvalue weighted by molar-refractivity contribution is 5.09. The van der Waals surface area contributed by atoms with E-state index < -0.39 is 11.9 Å². The van der Waals surface area contributed by atoms with Gasteiger partial charge in [0.25, 0.3) is 0 Å². The van der Waals surface area contributed by atoms with Crippen molar-refractivity contribution < 1.29 is 13.2 Å². The lowest BCUT2D eigenvalue weighted by Crippen LogP contribution is -2.45. The summed E-state index contributed by atoms with van der Waals surface area (Å²) in [6, 6.07) is 0.611. The first-order chi connectivity index (χ1) is 9.43. The summed E-state index contributed by atoms with van der Waals surface area (Å²) in [4.78, 5) is 5.99. The highest BCUT2D eigenvalue weighted by Crippen LogP contribution is 2.30. The van der Waals surface area contributed by atoms with Crippen molar-refractivity contribution >= 4 is 0 Å². The van der Waals surface area contributed by atoms with Gasteiger partial charge < -0.3 is 10.3 Å². The molecule has 0 bridgehead atoms. The van der Waals surface area contributed by atoms with E-state index in [1.165, 1.54) is 0 Å². The van der Waals surface area contributed by atoms with Crippen molar-refractivity contribution in [2.45, 2.75) is 57.0 Å². The molecule has 1 aromatic heterocycles. The molecule has 2 N–H and O–H groups in total. The van der Waals surface area contributed by atoms with Crippen LogP contribution in [-0.2, 0) is 19.3 Å². The number of fused-ring (bicyclic) bond motifs is 1. The fourth-order valence-corrected chi connectivity index (χ4v) is 3.25. The van der Waals surface area contributed by atoms with Crippen molar-refractivity contribution in [2.24, 2.45) is 5.73 Å². The van der Waals surface area contributed by atoms with Crippen molar-refractivity contribution in [1.82, 2.24) is 14.5 Å². The summed E-state index contributed by atoms with van der Waals surface area (Å²) in [6.45, 7) is 1.84. The summed E-state index contributed by atoms with van der Waals surface area (Å²) in [6.07, 6.45) is 0.941. The first-order valence-corrected chi connectivity index (χ1v) is 7.06. The molecule has 0 saturated heterocycles. The number of nitrogens with zero attached hydrogens (tertiary/aromatic N) is 3. The summed E-state index contributed by atoms with van der Waals surface area (Å²) >= 11 is 0. The third kappa shape index (κ3) is 2.69. The number of halogens is 3. The van der Waals surface area contributed by atoms with Gasteiger partial charge in [-0.15, -0.1) is 0 Å². The molecule has 1 aliphatic carbocycles. The molecule has 0 spiro atoms. The van der Waals surface area contributed by atoms with Gasteiger partial charge in [0.2, 0.25) is 0 Å². The fourth-order valence-electron chi connectivity index (χ4n) is 3.25. The van der Waals surface area contributed by atoms with Crippen LogP contribution in [0.25, 0.3) is 0 Å². The first kappa shape index (κ1) is 13.9. The minimum Gasteiger partial charge on any atom is -0.332 e. The van der Waals surface area contributed by atoms with E-state index in [0.717, 1.165) is 38.4 Å². The van der Waals surface area contributed by atoms with Gasteiger partial charge >= 0.3 is 6.18 Å². The summed E-state index contributed by atoms with van der Waals surface area (Å²) < 4.78 is 39.6. The molecule has 1 fully saturated rings. The molecular weight excluding hydrogens is 269 g/mol. The number of nitrogens with two attached hydrogens (primary N) is 1. The Kier molecular flexibility index (Phi) is 3.50. The Bertz CT molecular complexity index is 482. The zero-order valence-corrected chi connectivity index (χ0v) is 11.2. The predicted octanol–water partition coefficient (Wildman–Crippen LogP) is 1.99. The second kappa shape index (κ2) is 5.04. The number of imidazole rings is 1. The van der Waals surface area contributed by atoms with Crippen molar-refractivity contribution in [3.8, 4) is 0 Å². The van der Waals surface area contributed by atoms with E-state index in [1.807, 2.05) is 0 Å². The monoisotopic (exact) mass is 288 g/mol. The zero-order valence-electron chi connectivity index (χ0n) is 11.2. The lowest BCUT2D eigenvalue weighted by atomic mass is 9.90. The molecule has 0 amide bonds. The third-order valence-corrected chi connectivity index (χ3v) is 4.33. The molecule has 3 rings (SSSR count). The van der Waals surface area contributed by atoms with Crippen molar-refractivity contribution in [1.29, 1.82) is 0 Å². The molecule has 20 heavy (non-hydrogen) atoms. The maximum Gasteiger partial charge on any atom is 0.434 e. The highest BCUT2D eigenvalue weighted by Gasteiger charge is 2.36. The largest absolute Gasteiger partial charge is 0.434 e. The number of hydrogen-bond acceptors (Lipinski definition) is 3. The molecule has 2 heterocycles. The Morgan fingerprint density at radius 1 is 1.25 bits per heavy atom. The van der Waals surface area contributed by atoms with Gasteiger partial charge in [0.1, 0.15) is 5.82 Å². The quantitative estimate of drug-likeness (QED) is 0.859. The standard InChI is InChI=1S/C13H19F3N4/c14-13(15,16)11-7-20-5-4-19(8-12(20)18-11)10-3-1-2-9(17)6-10/h7,9-10H,1-6,8,17H2/t9-,10+/m1/s1. The Morgan fingerprint density at radius 2 is 2.05 bits per heavy atom. The molecule has 7 heteroatoms. The van der Waals surface area contributed by atoms with Crippen LogP contribution in [0, 0.1) is 0 Å². The predicted molar refractivity (Wildman–Crippen MR) is 67.9 cm³/mol. The number of aromatic nitrogens is 2. The fraction of sp³-hybridized carbons (Fsp3) is 0.769. The lowest BCUT2D eigenvalue weighted by Gasteiger charge is -2.38. The van der Waals surface area contributed by atoms with E-state index in [1.54, 1.807) is 4.57 Å². The van der Waals surface area contributed by atoms with Crippen LogP contribution in [0.1, 0.15) is 37.2 Å². The van der Waals surface area contributed by atoms with Gasteiger partial charge in [0.15, 0.2) is 5.69 Å². The second-order valence-corrected chi connectivity index (χ2v) is 5.78. The second-order valence-electron chi connectivity index (χ2n) is 5.78. The average molecular weight is 288 g/mol. The van der Waals surface area contributed by atoms with Crippen LogP contribution in [0.15, 0.2) is 6.20 Å². The summed E-state index contributed by atoms with van der Waals surface area (Å²) in [7, 11) is 0. The Hall–Kier alpha value is -1.08. The molecule has 4 nitrogen and oxygen atoms in total. The average Bonchev–Trinajstić information content (AvgIpc) is 2.81. The SMILES string of the molecule is N[C@@H]1CCC[C@H](N2CCn3cc(C(F)(F)F)nc3C2)C1. The topological polar surface area (TPSA) is 47.1 Å². The van der Waals surface area contributed by atoms with E-state index in [2.05, 4.69) is 9.88 Å². The van der Waals surface area contributed by atoms with Gasteiger partial charge in [-0.2, -0.15) is 13.2 Å². The Balaban J connectivity index is 1.73. The number of alkyl halides is 3. The van der Waals surface area contributed by atoms with Crippen molar-refractivity contribution in [3.05, 3.63) is 17.7 Å². The van der Waals surface area contributed by atoms with Gasteiger partial charge in [-0.25, -0.2) is 4.98 Å². The molecule has 1 saturated carbocycles. The molecular formula is C13H19F3N4. The van der Waals surface area contributed by atoms with Crippen LogP contribution < -0.4 is 5.73 Å². The summed E-state index contributed by atoms with van der Waals surface area (Å²) in [5.41, 5.74) is 5.21. The van der Waals surface area contributed by atoms with Gasteiger partial charge in [0, 0.05) is 31.4 Å². The normalized spacial score (nSPS) is 28.4. The van der Waals surface area contributed by atoms with Crippen molar-refractivity contribution in [3.63, 3.8) is 0 Å². The molecule has 2 aliphatic rings. The molecule has 1 aliphatic heterocycles. The Morgan fingerprint density at radius 3 is 2.75 bits per heavy atom. The first-order valence-electron chi connectivity index (χ1n) is 7.06. The Labute approximate surface area is 115 Å². The maximum absolute atomic E-state index is 12.7. The minimum absolute atomic E-state index is 0.223. The van der Waals surface area contributed by atoms with Crippen LogP contribution in [0.2, 0.25) is 0 Å². The molecule has 0 radical (unpaired) electrons. The third-order valence-electron chi connectivity index (χ3n) is 4.33. The van der Waals surface area contributed by atoms with Gasteiger partial charge in [-0.1, -0.05) is 6.42 Å². The van der Waals surface area contributed by atoms with Crippen molar-refractivity contribution in [2.75, 3.05) is 6.54 Å². The van der Waals surface area contributed by atoms with E-state index in [0.29, 0.717) is 25.0 Å². The van der Waals surface area contributed by atoms with E-state index in [4.69, 9.17) is 5.73 Å². The molecule has 1 aromatic rings. The maximum atomic E-state index is 12.7. The van der Waals surface area contributed by atoms with Crippen LogP contribution in [0.4, 0.5) is 13.2 Å². The smallest absolute Gasteiger partial charge is 0.332 e. The minimum atomic E-state index is -4.36. The van der Waals surface area contributed by atoms with Gasteiger partial charge in [-0.05, 0) is 19.3 Å². The molecule has 0 aromatic carbocycles. The van der Waals surface area contributed by atoms with Crippen LogP contribution in [-0.4, -0.2) is 33.1 Å². The van der Waals surface area contributed by atoms with Crippen LogP contribution >= 0.6 is 0 Å². The van der Waals surface area contributed by atoms with E-state index in [-0.39, 0.29) is 6.04 Å². The van der Waals surface area contributed by atoms with Gasteiger partial charge in [-0.3, -0.25) is 4.90 Å². The zero-order chi connectivity index (χ0) is 14.3. The molecule has 2 atom stereocenters. The summed E-state index contributed by atoms with van der Waals surface area (Å²) in [5.74, 6) is 0.516.